The number of nitrogens with zero attached hydrogens (tertiary/aromatic N) is 1. The largest absolute Gasteiger partial charge is 0.302 e. The van der Waals surface area contributed by atoms with Gasteiger partial charge in [0.2, 0.25) is 0 Å². The Balaban J connectivity index is 2.34. The molecule has 1 aliphatic rings. The standard InChI is InChI=1S/C11H22ClNO2S/c1-3-7-16(14,15)8-6-13-5-4-11(12)10(2)9-13/h10-11H,3-9H2,1-2H3. The maximum Gasteiger partial charge on any atom is 0.151 e. The lowest BCUT2D eigenvalue weighted by Crippen LogP contribution is -2.42. The fourth-order valence-corrected chi connectivity index (χ4v) is 3.63. The fourth-order valence-electron chi connectivity index (χ4n) is 2.09. The van der Waals surface area contributed by atoms with Crippen LogP contribution in [0.5, 0.6) is 0 Å². The molecule has 1 aliphatic heterocycles. The Morgan fingerprint density at radius 3 is 2.62 bits per heavy atom. The summed E-state index contributed by atoms with van der Waals surface area (Å²) in [5.74, 6) is 1.07. The summed E-state index contributed by atoms with van der Waals surface area (Å²) in [5.41, 5.74) is 0. The first-order valence-electron chi connectivity index (χ1n) is 6.01. The average molecular weight is 268 g/mol. The van der Waals surface area contributed by atoms with E-state index >= 15 is 0 Å². The molecule has 0 saturated carbocycles. The van der Waals surface area contributed by atoms with Gasteiger partial charge in [-0.1, -0.05) is 13.8 Å². The topological polar surface area (TPSA) is 37.4 Å². The third-order valence-electron chi connectivity index (χ3n) is 3.12. The van der Waals surface area contributed by atoms with E-state index in [4.69, 9.17) is 11.6 Å². The Morgan fingerprint density at radius 2 is 2.06 bits per heavy atom. The molecule has 1 saturated heterocycles. The first-order chi connectivity index (χ1) is 7.44. The third kappa shape index (κ3) is 4.60. The highest BCUT2D eigenvalue weighted by Gasteiger charge is 2.24. The summed E-state index contributed by atoms with van der Waals surface area (Å²) in [7, 11) is -2.84. The maximum absolute atomic E-state index is 11.6. The van der Waals surface area contributed by atoms with Crippen molar-refractivity contribution in [1.29, 1.82) is 0 Å². The van der Waals surface area contributed by atoms with E-state index in [0.29, 0.717) is 30.4 Å². The van der Waals surface area contributed by atoms with Gasteiger partial charge in [0.1, 0.15) is 0 Å². The SMILES string of the molecule is CCCS(=O)(=O)CCN1CCC(Cl)C(C)C1. The number of alkyl halides is 1. The highest BCUT2D eigenvalue weighted by Crippen LogP contribution is 2.21. The first kappa shape index (κ1) is 14.3. The Labute approximate surface area is 104 Å². The van der Waals surface area contributed by atoms with Crippen molar-refractivity contribution >= 4 is 21.4 Å². The molecule has 0 aromatic carbocycles. The lowest BCUT2D eigenvalue weighted by molar-refractivity contribution is 0.197. The smallest absolute Gasteiger partial charge is 0.151 e. The van der Waals surface area contributed by atoms with Crippen molar-refractivity contribution in [3.8, 4) is 0 Å². The van der Waals surface area contributed by atoms with Crippen LogP contribution in [0.1, 0.15) is 26.7 Å². The summed E-state index contributed by atoms with van der Waals surface area (Å²) in [6.07, 6.45) is 1.68. The number of hydrogen-bond acceptors (Lipinski definition) is 3. The van der Waals surface area contributed by atoms with Crippen LogP contribution in [0.2, 0.25) is 0 Å². The van der Waals surface area contributed by atoms with Gasteiger partial charge in [0.05, 0.1) is 5.75 Å². The molecule has 96 valence electrons. The molecule has 0 N–H and O–H groups in total. The molecule has 3 nitrogen and oxygen atoms in total. The summed E-state index contributed by atoms with van der Waals surface area (Å²) in [6.45, 7) is 6.55. The van der Waals surface area contributed by atoms with Gasteiger partial charge in [-0.25, -0.2) is 8.42 Å². The third-order valence-corrected chi connectivity index (χ3v) is 5.60. The van der Waals surface area contributed by atoms with Gasteiger partial charge in [0.15, 0.2) is 9.84 Å². The van der Waals surface area contributed by atoms with E-state index in [1.54, 1.807) is 0 Å². The molecular formula is C11H22ClNO2S. The maximum atomic E-state index is 11.6. The van der Waals surface area contributed by atoms with Gasteiger partial charge in [0, 0.05) is 24.2 Å². The molecule has 2 unspecified atom stereocenters. The van der Waals surface area contributed by atoms with Gasteiger partial charge in [-0.15, -0.1) is 11.6 Å². The summed E-state index contributed by atoms with van der Waals surface area (Å²) in [4.78, 5) is 2.22. The number of rotatable bonds is 5. The van der Waals surface area contributed by atoms with Crippen molar-refractivity contribution in [2.24, 2.45) is 5.92 Å². The molecule has 2 atom stereocenters. The number of likely N-dealkylation sites (tertiary alicyclic amines) is 1. The van der Waals surface area contributed by atoms with Crippen LogP contribution in [0.3, 0.4) is 0 Å². The van der Waals surface area contributed by atoms with Crippen LogP contribution in [0.15, 0.2) is 0 Å². The monoisotopic (exact) mass is 267 g/mol. The molecule has 0 spiro atoms. The lowest BCUT2D eigenvalue weighted by Gasteiger charge is -2.33. The van der Waals surface area contributed by atoms with Crippen LogP contribution in [0, 0.1) is 5.92 Å². The molecule has 0 aromatic heterocycles. The Morgan fingerprint density at radius 1 is 1.38 bits per heavy atom. The number of sulfone groups is 1. The van der Waals surface area contributed by atoms with Gasteiger partial charge >= 0.3 is 0 Å². The van der Waals surface area contributed by atoms with Gasteiger partial charge in [-0.2, -0.15) is 0 Å². The molecule has 5 heteroatoms. The Kier molecular flexibility index (Phi) is 5.54. The highest BCUT2D eigenvalue weighted by atomic mass is 35.5. The van der Waals surface area contributed by atoms with Crippen LogP contribution in [0.25, 0.3) is 0 Å². The van der Waals surface area contributed by atoms with E-state index in [2.05, 4.69) is 11.8 Å². The molecule has 1 heterocycles. The van der Waals surface area contributed by atoms with Crippen molar-refractivity contribution in [3.63, 3.8) is 0 Å². The van der Waals surface area contributed by atoms with E-state index in [0.717, 1.165) is 19.5 Å². The Bertz CT molecular complexity index is 305. The molecule has 1 rings (SSSR count). The van der Waals surface area contributed by atoms with Crippen LogP contribution in [-0.2, 0) is 9.84 Å². The van der Waals surface area contributed by atoms with Gasteiger partial charge < -0.3 is 4.90 Å². The minimum absolute atomic E-state index is 0.253. The minimum Gasteiger partial charge on any atom is -0.302 e. The van der Waals surface area contributed by atoms with E-state index in [1.807, 2.05) is 6.92 Å². The lowest BCUT2D eigenvalue weighted by atomic mass is 10.00. The van der Waals surface area contributed by atoms with Crippen molar-refractivity contribution in [3.05, 3.63) is 0 Å². The van der Waals surface area contributed by atoms with Gasteiger partial charge in [-0.3, -0.25) is 0 Å². The van der Waals surface area contributed by atoms with Crippen LogP contribution in [-0.4, -0.2) is 49.8 Å². The van der Waals surface area contributed by atoms with Crippen molar-refractivity contribution in [2.75, 3.05) is 31.1 Å². The number of piperidine rings is 1. The van der Waals surface area contributed by atoms with Crippen molar-refractivity contribution in [2.45, 2.75) is 32.1 Å². The first-order valence-corrected chi connectivity index (χ1v) is 8.27. The second-order valence-corrected chi connectivity index (χ2v) is 7.60. The average Bonchev–Trinajstić information content (AvgIpc) is 2.20. The van der Waals surface area contributed by atoms with Crippen molar-refractivity contribution < 1.29 is 8.42 Å². The molecule has 0 radical (unpaired) electrons. The number of halogens is 1. The molecule has 16 heavy (non-hydrogen) atoms. The normalized spacial score (nSPS) is 28.2. The van der Waals surface area contributed by atoms with Gasteiger partial charge in [0.25, 0.3) is 0 Å². The number of hydrogen-bond donors (Lipinski definition) is 0. The summed E-state index contributed by atoms with van der Waals surface area (Å²) in [6, 6.07) is 0. The molecule has 0 bridgehead atoms. The zero-order chi connectivity index (χ0) is 12.2. The summed E-state index contributed by atoms with van der Waals surface area (Å²) < 4.78 is 23.1. The summed E-state index contributed by atoms with van der Waals surface area (Å²) >= 11 is 6.13. The van der Waals surface area contributed by atoms with E-state index in [1.165, 1.54) is 0 Å². The molecule has 0 aliphatic carbocycles. The molecular weight excluding hydrogens is 246 g/mol. The zero-order valence-corrected chi connectivity index (χ0v) is 11.7. The van der Waals surface area contributed by atoms with E-state index < -0.39 is 9.84 Å². The van der Waals surface area contributed by atoms with Crippen LogP contribution < -0.4 is 0 Å². The second-order valence-electron chi connectivity index (χ2n) is 4.73. The predicted molar refractivity (Wildman–Crippen MR) is 68.8 cm³/mol. The Hall–Kier alpha value is 0.200. The van der Waals surface area contributed by atoms with E-state index in [9.17, 15) is 8.42 Å². The summed E-state index contributed by atoms with van der Waals surface area (Å²) in [5, 5.41) is 0.253. The minimum atomic E-state index is -2.84. The molecule has 0 aromatic rings. The van der Waals surface area contributed by atoms with Crippen LogP contribution in [0.4, 0.5) is 0 Å². The molecule has 0 amide bonds. The zero-order valence-electron chi connectivity index (χ0n) is 10.2. The predicted octanol–water partition coefficient (Wildman–Crippen LogP) is 1.76. The highest BCUT2D eigenvalue weighted by molar-refractivity contribution is 7.91. The van der Waals surface area contributed by atoms with E-state index in [-0.39, 0.29) is 5.38 Å². The second kappa shape index (κ2) is 6.22. The molecule has 1 fully saturated rings. The van der Waals surface area contributed by atoms with Crippen molar-refractivity contribution in [1.82, 2.24) is 4.90 Å². The fraction of sp³-hybridized carbons (Fsp3) is 1.00. The van der Waals surface area contributed by atoms with Gasteiger partial charge in [-0.05, 0) is 25.3 Å². The van der Waals surface area contributed by atoms with Crippen LogP contribution >= 0.6 is 11.6 Å². The quantitative estimate of drug-likeness (QED) is 0.713.